The molecule has 90 valence electrons. The number of nitriles is 2. The van der Waals surface area contributed by atoms with Gasteiger partial charge in [0, 0.05) is 6.20 Å². The maximum atomic E-state index is 13.2. The molecule has 1 rings (SSSR count). The molecule has 0 bridgehead atoms. The van der Waals surface area contributed by atoms with Crippen LogP contribution in [0.15, 0.2) is 23.9 Å². The van der Waals surface area contributed by atoms with Crippen molar-refractivity contribution in [2.24, 2.45) is 0 Å². The lowest BCUT2D eigenvalue weighted by Crippen LogP contribution is -2.02. The first kappa shape index (κ1) is 13.5. The lowest BCUT2D eigenvalue weighted by Gasteiger charge is -2.06. The highest BCUT2D eigenvalue weighted by Crippen LogP contribution is 2.25. The second-order valence-electron chi connectivity index (χ2n) is 3.04. The van der Waals surface area contributed by atoms with E-state index in [1.165, 1.54) is 0 Å². The number of halogens is 2. The molecule has 0 spiro atoms. The van der Waals surface area contributed by atoms with Crippen LogP contribution in [0.3, 0.4) is 0 Å². The third-order valence-corrected chi connectivity index (χ3v) is 2.21. The third kappa shape index (κ3) is 2.97. The van der Waals surface area contributed by atoms with Crippen molar-refractivity contribution in [3.05, 3.63) is 40.3 Å². The van der Waals surface area contributed by atoms with Gasteiger partial charge < -0.3 is 10.4 Å². The maximum Gasteiger partial charge on any atom is 0.338 e. The topological polar surface area (TPSA) is 96.9 Å². The number of hydrogen-bond donors (Lipinski definition) is 2. The van der Waals surface area contributed by atoms with Crippen LogP contribution in [0.2, 0.25) is 5.02 Å². The molecule has 0 aliphatic rings. The van der Waals surface area contributed by atoms with Crippen molar-refractivity contribution in [2.45, 2.75) is 0 Å². The van der Waals surface area contributed by atoms with Gasteiger partial charge in [-0.15, -0.1) is 0 Å². The van der Waals surface area contributed by atoms with E-state index < -0.39 is 17.3 Å². The second-order valence-corrected chi connectivity index (χ2v) is 3.45. The molecule has 0 fully saturated rings. The molecule has 5 nitrogen and oxygen atoms in total. The largest absolute Gasteiger partial charge is 0.478 e. The molecule has 0 radical (unpaired) electrons. The van der Waals surface area contributed by atoms with E-state index in [1.807, 2.05) is 0 Å². The third-order valence-electron chi connectivity index (χ3n) is 1.90. The monoisotopic (exact) mass is 265 g/mol. The van der Waals surface area contributed by atoms with E-state index in [9.17, 15) is 9.18 Å². The first-order valence-corrected chi connectivity index (χ1v) is 4.86. The van der Waals surface area contributed by atoms with Crippen molar-refractivity contribution in [2.75, 3.05) is 5.32 Å². The number of nitrogens with one attached hydrogen (secondary N) is 1. The second kappa shape index (κ2) is 5.67. The van der Waals surface area contributed by atoms with Crippen LogP contribution in [0.1, 0.15) is 10.4 Å². The van der Waals surface area contributed by atoms with Crippen LogP contribution in [-0.4, -0.2) is 11.1 Å². The van der Waals surface area contributed by atoms with Gasteiger partial charge in [-0.05, 0) is 12.1 Å². The number of aromatic carboxylic acids is 1. The van der Waals surface area contributed by atoms with Gasteiger partial charge in [0.15, 0.2) is 0 Å². The number of benzene rings is 1. The molecule has 0 amide bonds. The minimum Gasteiger partial charge on any atom is -0.478 e. The Hall–Kier alpha value is -2.57. The summed E-state index contributed by atoms with van der Waals surface area (Å²) in [6, 6.07) is 5.00. The smallest absolute Gasteiger partial charge is 0.338 e. The Kier molecular flexibility index (Phi) is 4.25. The lowest BCUT2D eigenvalue weighted by molar-refractivity contribution is 0.0692. The predicted octanol–water partition coefficient (Wildman–Crippen LogP) is 2.52. The zero-order chi connectivity index (χ0) is 13.7. The van der Waals surface area contributed by atoms with Crippen LogP contribution in [-0.2, 0) is 0 Å². The Balaban J connectivity index is 3.16. The number of rotatable bonds is 3. The van der Waals surface area contributed by atoms with E-state index in [0.29, 0.717) is 0 Å². The van der Waals surface area contributed by atoms with E-state index in [4.69, 9.17) is 27.2 Å². The van der Waals surface area contributed by atoms with Crippen LogP contribution in [0.4, 0.5) is 10.1 Å². The van der Waals surface area contributed by atoms with Gasteiger partial charge in [-0.2, -0.15) is 10.5 Å². The van der Waals surface area contributed by atoms with Crippen molar-refractivity contribution in [1.82, 2.24) is 0 Å². The quantitative estimate of drug-likeness (QED) is 0.819. The molecule has 0 heterocycles. The zero-order valence-corrected chi connectivity index (χ0v) is 9.49. The molecule has 2 N–H and O–H groups in total. The van der Waals surface area contributed by atoms with E-state index in [-0.39, 0.29) is 16.3 Å². The van der Waals surface area contributed by atoms with Crippen molar-refractivity contribution in [3.8, 4) is 12.1 Å². The van der Waals surface area contributed by atoms with Gasteiger partial charge in [-0.3, -0.25) is 0 Å². The normalized spacial score (nSPS) is 8.89. The molecular formula is C11H5ClFN3O2. The number of nitrogens with zero attached hydrogens (tertiary/aromatic N) is 2. The summed E-state index contributed by atoms with van der Waals surface area (Å²) >= 11 is 5.69. The van der Waals surface area contributed by atoms with Gasteiger partial charge in [-0.1, -0.05) is 11.6 Å². The highest BCUT2D eigenvalue weighted by Gasteiger charge is 2.13. The average Bonchev–Trinajstić information content (AvgIpc) is 2.32. The fraction of sp³-hybridized carbons (Fsp3) is 0. The van der Waals surface area contributed by atoms with Crippen molar-refractivity contribution in [3.63, 3.8) is 0 Å². The lowest BCUT2D eigenvalue weighted by atomic mass is 10.2. The van der Waals surface area contributed by atoms with E-state index in [0.717, 1.165) is 18.3 Å². The van der Waals surface area contributed by atoms with Crippen LogP contribution < -0.4 is 5.32 Å². The number of carboxylic acids is 1. The van der Waals surface area contributed by atoms with Crippen molar-refractivity contribution < 1.29 is 14.3 Å². The van der Waals surface area contributed by atoms with Gasteiger partial charge in [-0.25, -0.2) is 9.18 Å². The average molecular weight is 266 g/mol. The van der Waals surface area contributed by atoms with Gasteiger partial charge >= 0.3 is 5.97 Å². The Labute approximate surface area is 106 Å². The summed E-state index contributed by atoms with van der Waals surface area (Å²) in [6.45, 7) is 0. The highest BCUT2D eigenvalue weighted by atomic mass is 35.5. The summed E-state index contributed by atoms with van der Waals surface area (Å²) in [6.07, 6.45) is 1.05. The fourth-order valence-electron chi connectivity index (χ4n) is 1.06. The number of anilines is 1. The van der Waals surface area contributed by atoms with Gasteiger partial charge in [0.2, 0.25) is 0 Å². The summed E-state index contributed by atoms with van der Waals surface area (Å²) in [7, 11) is 0. The van der Waals surface area contributed by atoms with Crippen LogP contribution >= 0.6 is 11.6 Å². The highest BCUT2D eigenvalue weighted by molar-refractivity contribution is 6.33. The number of carbonyl (C=O) groups is 1. The molecule has 18 heavy (non-hydrogen) atoms. The Morgan fingerprint density at radius 3 is 2.56 bits per heavy atom. The van der Waals surface area contributed by atoms with Crippen molar-refractivity contribution in [1.29, 1.82) is 10.5 Å². The Bertz CT molecular complexity index is 598. The molecule has 0 aliphatic carbocycles. The van der Waals surface area contributed by atoms with Crippen molar-refractivity contribution >= 4 is 23.3 Å². The first-order chi connectivity index (χ1) is 8.49. The first-order valence-electron chi connectivity index (χ1n) is 4.48. The molecule has 0 aromatic heterocycles. The minimum absolute atomic E-state index is 0.0658. The van der Waals surface area contributed by atoms with Gasteiger partial charge in [0.05, 0.1) is 16.3 Å². The summed E-state index contributed by atoms with van der Waals surface area (Å²) in [5, 5.41) is 28.1. The molecule has 0 unspecified atom stereocenters. The summed E-state index contributed by atoms with van der Waals surface area (Å²) < 4.78 is 13.2. The number of carboxylic acid groups (broad SMARTS) is 1. The SMILES string of the molecule is N#CC(C#N)=CNc1cc(C(=O)O)c(F)cc1Cl. The van der Waals surface area contributed by atoms with E-state index in [2.05, 4.69) is 5.32 Å². The number of hydrogen-bond acceptors (Lipinski definition) is 4. The molecule has 7 heteroatoms. The van der Waals surface area contributed by atoms with Crippen LogP contribution in [0.25, 0.3) is 0 Å². The van der Waals surface area contributed by atoms with Gasteiger partial charge in [0.25, 0.3) is 0 Å². The fourth-order valence-corrected chi connectivity index (χ4v) is 1.27. The number of allylic oxidation sites excluding steroid dienone is 1. The van der Waals surface area contributed by atoms with E-state index >= 15 is 0 Å². The molecule has 0 aliphatic heterocycles. The molecular weight excluding hydrogens is 261 g/mol. The molecule has 1 aromatic carbocycles. The van der Waals surface area contributed by atoms with Crippen LogP contribution in [0.5, 0.6) is 0 Å². The zero-order valence-electron chi connectivity index (χ0n) is 8.74. The molecule has 0 atom stereocenters. The van der Waals surface area contributed by atoms with Gasteiger partial charge in [0.1, 0.15) is 23.5 Å². The maximum absolute atomic E-state index is 13.2. The summed E-state index contributed by atoms with van der Waals surface area (Å²) in [5.41, 5.74) is -0.712. The standard InChI is InChI=1S/C11H5ClFN3O2/c12-8-2-9(13)7(11(17)18)1-10(8)16-5-6(3-14)4-15/h1-2,5,16H,(H,17,18). The minimum atomic E-state index is -1.45. The predicted molar refractivity (Wildman–Crippen MR) is 61.3 cm³/mol. The van der Waals surface area contributed by atoms with E-state index in [1.54, 1.807) is 12.1 Å². The summed E-state index contributed by atoms with van der Waals surface area (Å²) in [4.78, 5) is 10.7. The Morgan fingerprint density at radius 1 is 1.44 bits per heavy atom. The summed E-state index contributed by atoms with van der Waals surface area (Å²) in [5.74, 6) is -2.42. The Morgan fingerprint density at radius 2 is 2.06 bits per heavy atom. The molecule has 0 saturated heterocycles. The molecule has 0 saturated carbocycles. The molecule has 1 aromatic rings. The van der Waals surface area contributed by atoms with Crippen LogP contribution in [0, 0.1) is 28.5 Å².